The van der Waals surface area contributed by atoms with Gasteiger partial charge in [-0.05, 0) is 37.9 Å². The van der Waals surface area contributed by atoms with Crippen LogP contribution in [-0.4, -0.2) is 35.9 Å². The molecule has 1 aromatic rings. The Morgan fingerprint density at radius 2 is 2.25 bits per heavy atom. The van der Waals surface area contributed by atoms with E-state index < -0.39 is 0 Å². The van der Waals surface area contributed by atoms with Gasteiger partial charge in [-0.15, -0.1) is 0 Å². The molecule has 0 aromatic heterocycles. The molecule has 1 fully saturated rings. The van der Waals surface area contributed by atoms with Crippen molar-refractivity contribution in [2.24, 2.45) is 11.7 Å². The number of amides is 1. The maximum absolute atomic E-state index is 12.0. The Kier molecular flexibility index (Phi) is 5.09. The molecule has 0 atom stereocenters. The minimum atomic E-state index is -0.00749. The molecule has 0 spiro atoms. The van der Waals surface area contributed by atoms with Crippen molar-refractivity contribution < 1.29 is 4.79 Å². The van der Waals surface area contributed by atoms with Crippen molar-refractivity contribution in [3.63, 3.8) is 0 Å². The van der Waals surface area contributed by atoms with Crippen LogP contribution in [-0.2, 0) is 4.79 Å². The topological polar surface area (TPSA) is 58.4 Å². The summed E-state index contributed by atoms with van der Waals surface area (Å²) < 4.78 is 0. The zero-order valence-electron chi connectivity index (χ0n) is 11.8. The summed E-state index contributed by atoms with van der Waals surface area (Å²) in [4.78, 5) is 14.4. The van der Waals surface area contributed by atoms with Crippen LogP contribution in [0.1, 0.15) is 24.8 Å². The first kappa shape index (κ1) is 14.9. The monoisotopic (exact) mass is 291 g/mol. The maximum Gasteiger partial charge on any atom is 0.238 e. The summed E-state index contributed by atoms with van der Waals surface area (Å²) in [5.74, 6) is 0.762. The second kappa shape index (κ2) is 6.81. The van der Waals surface area contributed by atoms with Gasteiger partial charge in [0.2, 0.25) is 5.91 Å². The fourth-order valence-electron chi connectivity index (χ4n) is 2.38. The molecule has 0 radical (unpaired) electrons. The van der Waals surface area contributed by atoms with Crippen molar-refractivity contribution in [3.05, 3.63) is 29.8 Å². The van der Waals surface area contributed by atoms with Crippen molar-refractivity contribution in [1.29, 1.82) is 0 Å². The van der Waals surface area contributed by atoms with E-state index in [4.69, 9.17) is 18.0 Å². The van der Waals surface area contributed by atoms with Gasteiger partial charge in [0.05, 0.1) is 6.54 Å². The molecule has 5 heteroatoms. The van der Waals surface area contributed by atoms with Crippen LogP contribution in [0.25, 0.3) is 0 Å². The Balaban J connectivity index is 1.84. The highest BCUT2D eigenvalue weighted by Gasteiger charge is 2.19. The van der Waals surface area contributed by atoms with Crippen LogP contribution in [0.3, 0.4) is 0 Å². The van der Waals surface area contributed by atoms with Gasteiger partial charge < -0.3 is 11.1 Å². The molecule has 1 aliphatic carbocycles. The highest BCUT2D eigenvalue weighted by atomic mass is 32.1. The summed E-state index contributed by atoms with van der Waals surface area (Å²) in [5, 5.41) is 2.88. The van der Waals surface area contributed by atoms with Crippen molar-refractivity contribution in [3.8, 4) is 0 Å². The Morgan fingerprint density at radius 1 is 1.50 bits per heavy atom. The maximum atomic E-state index is 12.0. The molecule has 108 valence electrons. The molecular formula is C15H21N3OS. The minimum absolute atomic E-state index is 0.00749. The number of carbonyl (C=O) groups is 1. The largest absolute Gasteiger partial charge is 0.389 e. The Labute approximate surface area is 125 Å². The van der Waals surface area contributed by atoms with Crippen LogP contribution in [0, 0.1) is 5.92 Å². The quantitative estimate of drug-likeness (QED) is 0.787. The first-order valence-electron chi connectivity index (χ1n) is 6.93. The second-order valence-corrected chi connectivity index (χ2v) is 5.93. The van der Waals surface area contributed by atoms with E-state index >= 15 is 0 Å². The Hall–Kier alpha value is -1.46. The first-order valence-corrected chi connectivity index (χ1v) is 7.33. The SMILES string of the molecule is CN(CC(=O)Nc1cccc(C(N)=S)c1)CC1CCC1. The molecule has 20 heavy (non-hydrogen) atoms. The standard InChI is InChI=1S/C15H21N3OS/c1-18(9-11-4-2-5-11)10-14(19)17-13-7-3-6-12(8-13)15(16)20/h3,6-8,11H,2,4-5,9-10H2,1H3,(H2,16,20)(H,17,19). The van der Waals surface area contributed by atoms with Crippen LogP contribution in [0.2, 0.25) is 0 Å². The Morgan fingerprint density at radius 3 is 2.85 bits per heavy atom. The lowest BCUT2D eigenvalue weighted by molar-refractivity contribution is -0.117. The van der Waals surface area contributed by atoms with Crippen molar-refractivity contribution in [2.75, 3.05) is 25.5 Å². The average Bonchev–Trinajstić information content (AvgIpc) is 2.34. The average molecular weight is 291 g/mol. The van der Waals surface area contributed by atoms with Crippen molar-refractivity contribution in [2.45, 2.75) is 19.3 Å². The zero-order valence-corrected chi connectivity index (χ0v) is 12.6. The summed E-state index contributed by atoms with van der Waals surface area (Å²) in [6.45, 7) is 1.41. The third-order valence-corrected chi connectivity index (χ3v) is 3.87. The van der Waals surface area contributed by atoms with Crippen LogP contribution in [0.15, 0.2) is 24.3 Å². The predicted molar refractivity (Wildman–Crippen MR) is 85.8 cm³/mol. The molecule has 1 aromatic carbocycles. The van der Waals surface area contributed by atoms with Crippen LogP contribution >= 0.6 is 12.2 Å². The van der Waals surface area contributed by atoms with Gasteiger partial charge in [-0.1, -0.05) is 30.8 Å². The van der Waals surface area contributed by atoms with Gasteiger partial charge in [0.1, 0.15) is 4.99 Å². The van der Waals surface area contributed by atoms with Crippen LogP contribution < -0.4 is 11.1 Å². The number of nitrogens with zero attached hydrogens (tertiary/aromatic N) is 1. The second-order valence-electron chi connectivity index (χ2n) is 5.49. The smallest absolute Gasteiger partial charge is 0.238 e. The minimum Gasteiger partial charge on any atom is -0.389 e. The van der Waals surface area contributed by atoms with E-state index in [-0.39, 0.29) is 5.91 Å². The van der Waals surface area contributed by atoms with E-state index in [1.807, 2.05) is 25.2 Å². The summed E-state index contributed by atoms with van der Waals surface area (Å²) in [6, 6.07) is 7.31. The number of likely N-dealkylation sites (N-methyl/N-ethyl adjacent to an activating group) is 1. The molecular weight excluding hydrogens is 270 g/mol. The molecule has 3 N–H and O–H groups in total. The van der Waals surface area contributed by atoms with E-state index in [0.29, 0.717) is 11.5 Å². The van der Waals surface area contributed by atoms with Gasteiger partial charge in [-0.2, -0.15) is 0 Å². The lowest BCUT2D eigenvalue weighted by Crippen LogP contribution is -2.35. The van der Waals surface area contributed by atoms with Crippen LogP contribution in [0.4, 0.5) is 5.69 Å². The van der Waals surface area contributed by atoms with Gasteiger partial charge in [0.15, 0.2) is 0 Å². The number of carbonyl (C=O) groups excluding carboxylic acids is 1. The molecule has 4 nitrogen and oxygen atoms in total. The molecule has 1 saturated carbocycles. The first-order chi connectivity index (χ1) is 9.54. The number of thiocarbonyl (C=S) groups is 1. The zero-order chi connectivity index (χ0) is 14.5. The van der Waals surface area contributed by atoms with E-state index in [0.717, 1.165) is 23.7 Å². The van der Waals surface area contributed by atoms with Gasteiger partial charge >= 0.3 is 0 Å². The lowest BCUT2D eigenvalue weighted by atomic mass is 9.85. The lowest BCUT2D eigenvalue weighted by Gasteiger charge is -2.29. The van der Waals surface area contributed by atoms with Crippen molar-refractivity contribution in [1.82, 2.24) is 4.90 Å². The highest BCUT2D eigenvalue weighted by Crippen LogP contribution is 2.26. The molecule has 0 unspecified atom stereocenters. The Bertz CT molecular complexity index is 500. The number of hydrogen-bond acceptors (Lipinski definition) is 3. The number of benzene rings is 1. The van der Waals surface area contributed by atoms with Crippen molar-refractivity contribution >= 4 is 28.8 Å². The third kappa shape index (κ3) is 4.28. The predicted octanol–water partition coefficient (Wildman–Crippen LogP) is 1.99. The van der Waals surface area contributed by atoms with Crippen LogP contribution in [0.5, 0.6) is 0 Å². The van der Waals surface area contributed by atoms with E-state index in [1.54, 1.807) is 6.07 Å². The number of nitrogens with two attached hydrogens (primary N) is 1. The summed E-state index contributed by atoms with van der Waals surface area (Å²) in [7, 11) is 1.99. The number of rotatable bonds is 6. The summed E-state index contributed by atoms with van der Waals surface area (Å²) >= 11 is 4.93. The molecule has 0 bridgehead atoms. The molecule has 2 rings (SSSR count). The molecule has 1 amide bonds. The van der Waals surface area contributed by atoms with E-state index in [2.05, 4.69) is 10.2 Å². The summed E-state index contributed by atoms with van der Waals surface area (Å²) in [5.41, 5.74) is 7.08. The fraction of sp³-hybridized carbons (Fsp3) is 0.467. The van der Waals surface area contributed by atoms with Gasteiger partial charge in [-0.25, -0.2) is 0 Å². The number of anilines is 1. The normalized spacial score (nSPS) is 14.9. The van der Waals surface area contributed by atoms with E-state index in [1.165, 1.54) is 19.3 Å². The highest BCUT2D eigenvalue weighted by molar-refractivity contribution is 7.80. The molecule has 1 aliphatic rings. The molecule has 0 heterocycles. The molecule has 0 aliphatic heterocycles. The fourth-order valence-corrected chi connectivity index (χ4v) is 2.50. The summed E-state index contributed by atoms with van der Waals surface area (Å²) in [6.07, 6.45) is 3.92. The number of hydrogen-bond donors (Lipinski definition) is 2. The van der Waals surface area contributed by atoms with Gasteiger partial charge in [0, 0.05) is 17.8 Å². The number of nitrogens with one attached hydrogen (secondary N) is 1. The molecule has 0 saturated heterocycles. The van der Waals surface area contributed by atoms with E-state index in [9.17, 15) is 4.79 Å². The third-order valence-electron chi connectivity index (χ3n) is 3.64. The van der Waals surface area contributed by atoms with Gasteiger partial charge in [0.25, 0.3) is 0 Å². The van der Waals surface area contributed by atoms with Gasteiger partial charge in [-0.3, -0.25) is 9.69 Å².